The number of ether oxygens (including phenoxy) is 1. The van der Waals surface area contributed by atoms with Crippen LogP contribution in [-0.2, 0) is 10.2 Å². The summed E-state index contributed by atoms with van der Waals surface area (Å²) >= 11 is 3.24. The first-order valence-corrected chi connectivity index (χ1v) is 10.4. The third-order valence-electron chi connectivity index (χ3n) is 5.60. The molecule has 1 N–H and O–H groups in total. The zero-order valence-electron chi connectivity index (χ0n) is 16.3. The molecule has 0 saturated carbocycles. The van der Waals surface area contributed by atoms with Gasteiger partial charge in [-0.25, -0.2) is 0 Å². The minimum Gasteiger partial charge on any atom is -0.444 e. The second kappa shape index (κ2) is 8.61. The van der Waals surface area contributed by atoms with E-state index in [4.69, 9.17) is 9.15 Å². The topological polar surface area (TPSA) is 51.5 Å². The van der Waals surface area contributed by atoms with Gasteiger partial charge in [0.05, 0.1) is 6.10 Å². The smallest absolute Gasteiger partial charge is 0.287 e. The number of furan rings is 1. The molecule has 27 heavy (non-hydrogen) atoms. The van der Waals surface area contributed by atoms with Crippen LogP contribution in [0.4, 0.5) is 0 Å². The quantitative estimate of drug-likeness (QED) is 0.676. The largest absolute Gasteiger partial charge is 0.444 e. The zero-order valence-corrected chi connectivity index (χ0v) is 17.8. The summed E-state index contributed by atoms with van der Waals surface area (Å²) in [6, 6.07) is 12.2. The predicted molar refractivity (Wildman–Crippen MR) is 110 cm³/mol. The van der Waals surface area contributed by atoms with Crippen LogP contribution in [-0.4, -0.2) is 25.2 Å². The summed E-state index contributed by atoms with van der Waals surface area (Å²) < 4.78 is 11.9. The van der Waals surface area contributed by atoms with E-state index in [1.54, 1.807) is 12.1 Å². The van der Waals surface area contributed by atoms with Gasteiger partial charge >= 0.3 is 0 Å². The molecule has 0 unspecified atom stereocenters. The van der Waals surface area contributed by atoms with Crippen LogP contribution >= 0.6 is 15.9 Å². The molecule has 1 aliphatic rings. The highest BCUT2D eigenvalue weighted by Gasteiger charge is 2.39. The maximum absolute atomic E-state index is 12.3. The van der Waals surface area contributed by atoms with Gasteiger partial charge in [-0.2, -0.15) is 0 Å². The number of amides is 1. The van der Waals surface area contributed by atoms with Crippen LogP contribution in [0.15, 0.2) is 45.5 Å². The lowest BCUT2D eigenvalue weighted by molar-refractivity contribution is -0.0468. The van der Waals surface area contributed by atoms with Crippen LogP contribution in [0.2, 0.25) is 0 Å². The highest BCUT2D eigenvalue weighted by molar-refractivity contribution is 9.10. The second-order valence-corrected chi connectivity index (χ2v) is 8.64. The van der Waals surface area contributed by atoms with Crippen molar-refractivity contribution in [3.05, 3.63) is 58.0 Å². The second-order valence-electron chi connectivity index (χ2n) is 7.86. The Balaban J connectivity index is 1.74. The van der Waals surface area contributed by atoms with Crippen molar-refractivity contribution in [2.24, 2.45) is 5.92 Å². The van der Waals surface area contributed by atoms with E-state index in [0.717, 1.165) is 25.9 Å². The number of hydrogen-bond acceptors (Lipinski definition) is 3. The Morgan fingerprint density at radius 3 is 2.63 bits per heavy atom. The van der Waals surface area contributed by atoms with E-state index < -0.39 is 0 Å². The summed E-state index contributed by atoms with van der Waals surface area (Å²) in [7, 11) is 0. The Morgan fingerprint density at radius 1 is 1.26 bits per heavy atom. The predicted octanol–water partition coefficient (Wildman–Crippen LogP) is 5.24. The van der Waals surface area contributed by atoms with E-state index in [-0.39, 0.29) is 17.4 Å². The molecular formula is C22H28BrNO3. The van der Waals surface area contributed by atoms with Gasteiger partial charge in [-0.1, -0.05) is 43.7 Å². The Hall–Kier alpha value is -1.59. The minimum atomic E-state index is -0.174. The average molecular weight is 434 g/mol. The number of nitrogens with one attached hydrogen (secondary N) is 1. The molecule has 1 fully saturated rings. The van der Waals surface area contributed by atoms with Gasteiger partial charge in [0.25, 0.3) is 5.91 Å². The van der Waals surface area contributed by atoms with Crippen molar-refractivity contribution in [1.82, 2.24) is 5.32 Å². The molecule has 146 valence electrons. The fourth-order valence-corrected chi connectivity index (χ4v) is 4.17. The molecule has 2 atom stereocenters. The van der Waals surface area contributed by atoms with Crippen molar-refractivity contribution in [1.29, 1.82) is 0 Å². The molecule has 5 heteroatoms. The maximum atomic E-state index is 12.3. The van der Waals surface area contributed by atoms with Crippen LogP contribution in [0.1, 0.15) is 54.8 Å². The molecule has 1 aliphatic heterocycles. The number of halogens is 1. The summed E-state index contributed by atoms with van der Waals surface area (Å²) in [5.74, 6) is 0.635. The SMILES string of the molecule is Cc1ccc([C@@]2(CCNC(=O)c3ccc(Br)o3)CCO[C@H](C(C)C)C2)cc1. The van der Waals surface area contributed by atoms with Crippen molar-refractivity contribution in [2.45, 2.75) is 51.6 Å². The standard InChI is InChI=1S/C22H28BrNO3/c1-15(2)19-14-22(11-13-26-19,17-6-4-16(3)5-7-17)10-12-24-21(25)18-8-9-20(23)27-18/h4-9,15,19H,10-14H2,1-3H3,(H,24,25)/t19-,22-/m0/s1. The first-order valence-electron chi connectivity index (χ1n) is 9.62. The average Bonchev–Trinajstić information content (AvgIpc) is 3.09. The van der Waals surface area contributed by atoms with Gasteiger partial charge < -0.3 is 14.5 Å². The lowest BCUT2D eigenvalue weighted by atomic mass is 9.68. The summed E-state index contributed by atoms with van der Waals surface area (Å²) in [4.78, 5) is 12.3. The number of rotatable bonds is 6. The maximum Gasteiger partial charge on any atom is 0.287 e. The van der Waals surface area contributed by atoms with Gasteiger partial charge in [0.2, 0.25) is 0 Å². The molecule has 2 heterocycles. The van der Waals surface area contributed by atoms with E-state index in [0.29, 0.717) is 22.9 Å². The molecule has 1 amide bonds. The molecule has 1 aromatic carbocycles. The number of hydrogen-bond donors (Lipinski definition) is 1. The Morgan fingerprint density at radius 2 is 2.00 bits per heavy atom. The molecule has 0 radical (unpaired) electrons. The molecule has 0 bridgehead atoms. The molecule has 2 aromatic rings. The third-order valence-corrected chi connectivity index (χ3v) is 6.02. The highest BCUT2D eigenvalue weighted by atomic mass is 79.9. The van der Waals surface area contributed by atoms with Crippen molar-refractivity contribution >= 4 is 21.8 Å². The van der Waals surface area contributed by atoms with Gasteiger partial charge in [0.1, 0.15) is 0 Å². The highest BCUT2D eigenvalue weighted by Crippen LogP contribution is 2.41. The van der Waals surface area contributed by atoms with E-state index in [1.807, 2.05) is 0 Å². The normalized spacial score (nSPS) is 22.8. The summed E-state index contributed by atoms with van der Waals surface area (Å²) in [5, 5.41) is 3.02. The fraction of sp³-hybridized carbons (Fsp3) is 0.500. The fourth-order valence-electron chi connectivity index (χ4n) is 3.86. The Kier molecular flexibility index (Phi) is 6.43. The summed E-state index contributed by atoms with van der Waals surface area (Å²) in [6.45, 7) is 7.91. The molecule has 4 nitrogen and oxygen atoms in total. The molecular weight excluding hydrogens is 406 g/mol. The minimum absolute atomic E-state index is 0.0257. The van der Waals surface area contributed by atoms with Crippen LogP contribution < -0.4 is 5.32 Å². The lowest BCUT2D eigenvalue weighted by Gasteiger charge is -2.43. The first kappa shape index (κ1) is 20.2. The molecule has 1 saturated heterocycles. The van der Waals surface area contributed by atoms with Crippen molar-refractivity contribution in [3.63, 3.8) is 0 Å². The molecule has 0 aliphatic carbocycles. The van der Waals surface area contributed by atoms with Crippen LogP contribution in [0.25, 0.3) is 0 Å². The van der Waals surface area contributed by atoms with E-state index >= 15 is 0 Å². The van der Waals surface area contributed by atoms with Gasteiger partial charge in [-0.05, 0) is 65.7 Å². The van der Waals surface area contributed by atoms with E-state index in [2.05, 4.69) is 66.3 Å². The number of carbonyl (C=O) groups excluding carboxylic acids is 1. The van der Waals surface area contributed by atoms with Gasteiger partial charge in [0, 0.05) is 18.6 Å². The van der Waals surface area contributed by atoms with Crippen LogP contribution in [0.5, 0.6) is 0 Å². The van der Waals surface area contributed by atoms with Crippen molar-refractivity contribution in [3.8, 4) is 0 Å². The first-order chi connectivity index (χ1) is 12.9. The molecule has 3 rings (SSSR count). The lowest BCUT2D eigenvalue weighted by Crippen LogP contribution is -2.43. The van der Waals surface area contributed by atoms with Crippen molar-refractivity contribution in [2.75, 3.05) is 13.2 Å². The van der Waals surface area contributed by atoms with Gasteiger partial charge in [-0.3, -0.25) is 4.79 Å². The van der Waals surface area contributed by atoms with Crippen LogP contribution in [0, 0.1) is 12.8 Å². The van der Waals surface area contributed by atoms with Gasteiger partial charge in [-0.15, -0.1) is 0 Å². The number of carbonyl (C=O) groups is 1. The third kappa shape index (κ3) is 4.82. The Labute approximate surface area is 169 Å². The number of aryl methyl sites for hydroxylation is 1. The summed E-state index contributed by atoms with van der Waals surface area (Å²) in [6.07, 6.45) is 3.09. The Bertz CT molecular complexity index is 768. The molecule has 0 spiro atoms. The number of benzene rings is 1. The van der Waals surface area contributed by atoms with E-state index in [9.17, 15) is 4.79 Å². The molecule has 1 aromatic heterocycles. The van der Waals surface area contributed by atoms with Gasteiger partial charge in [0.15, 0.2) is 10.4 Å². The summed E-state index contributed by atoms with van der Waals surface area (Å²) in [5.41, 5.74) is 2.63. The van der Waals surface area contributed by atoms with E-state index in [1.165, 1.54) is 11.1 Å². The van der Waals surface area contributed by atoms with Crippen molar-refractivity contribution < 1.29 is 13.9 Å². The van der Waals surface area contributed by atoms with Crippen LogP contribution in [0.3, 0.4) is 0 Å². The zero-order chi connectivity index (χ0) is 19.4. The monoisotopic (exact) mass is 433 g/mol.